The van der Waals surface area contributed by atoms with Gasteiger partial charge in [0.1, 0.15) is 0 Å². The molecule has 0 atom stereocenters. The van der Waals surface area contributed by atoms with Crippen molar-refractivity contribution in [1.29, 1.82) is 0 Å². The molecule has 9 heavy (non-hydrogen) atoms. The highest BCUT2D eigenvalue weighted by molar-refractivity contribution is 7.80. The van der Waals surface area contributed by atoms with Crippen molar-refractivity contribution in [2.24, 2.45) is 0 Å². The quantitative estimate of drug-likeness (QED) is 0.332. The molecule has 0 saturated carbocycles. The molecule has 0 aromatic rings. The number of hydrogen-bond donors (Lipinski definition) is 1. The van der Waals surface area contributed by atoms with Crippen molar-refractivity contribution in [3.05, 3.63) is 0 Å². The molecule has 0 aliphatic rings. The first kappa shape index (κ1) is 11.6. The minimum atomic E-state index is 0.833. The Balaban J connectivity index is 0. The van der Waals surface area contributed by atoms with Crippen LogP contribution in [-0.4, -0.2) is 24.9 Å². The predicted octanol–water partition coefficient (Wildman–Crippen LogP) is 1.46. The Morgan fingerprint density at radius 3 is 1.44 bits per heavy atom. The maximum Gasteiger partial charge on any atom is 0.0408 e. The topological polar surface area (TPSA) is 3.24 Å². The van der Waals surface area contributed by atoms with Crippen LogP contribution < -0.4 is 0 Å². The molecule has 0 N–H and O–H groups in total. The number of hydrogen-bond acceptors (Lipinski definition) is 2. The van der Waals surface area contributed by atoms with Crippen LogP contribution in [0.5, 0.6) is 0 Å². The molecule has 54 valence electrons. The van der Waals surface area contributed by atoms with Crippen molar-refractivity contribution in [2.75, 3.05) is 20.0 Å². The molecule has 0 amide bonds. The highest BCUT2D eigenvalue weighted by atomic mass is 32.1. The third-order valence-corrected chi connectivity index (χ3v) is 1.10. The van der Waals surface area contributed by atoms with Gasteiger partial charge in [-0.25, -0.2) is 0 Å². The van der Waals surface area contributed by atoms with E-state index in [4.69, 9.17) is 0 Å². The van der Waals surface area contributed by atoms with E-state index in [2.05, 4.69) is 24.5 Å². The molecule has 0 spiro atoms. The second-order valence-corrected chi connectivity index (χ2v) is 2.00. The lowest BCUT2D eigenvalue weighted by atomic mass is 10.7. The van der Waals surface area contributed by atoms with Crippen LogP contribution in [0.15, 0.2) is 0 Å². The summed E-state index contributed by atoms with van der Waals surface area (Å²) in [4.78, 5) is 1.99. The van der Waals surface area contributed by atoms with Gasteiger partial charge in [-0.3, -0.25) is 0 Å². The van der Waals surface area contributed by atoms with Crippen LogP contribution in [0.3, 0.4) is 0 Å². The first-order chi connectivity index (χ1) is 4.18. The van der Waals surface area contributed by atoms with Crippen LogP contribution >= 0.6 is 12.6 Å². The lowest BCUT2D eigenvalue weighted by molar-refractivity contribution is 0.487. The molecule has 0 radical (unpaired) electrons. The molecule has 0 rings (SSSR count). The molecule has 0 unspecified atom stereocenters. The van der Waals surface area contributed by atoms with E-state index in [9.17, 15) is 0 Å². The second kappa shape index (κ2) is 10.8. The second-order valence-electron chi connectivity index (χ2n) is 1.72. The van der Waals surface area contributed by atoms with Gasteiger partial charge < -0.3 is 4.90 Å². The molecule has 0 aliphatic carbocycles. The molecular formula is C7H15NS. The monoisotopic (exact) mass is 145 g/mol. The number of nitrogens with zero attached hydrogens (tertiary/aromatic N) is 1. The summed E-state index contributed by atoms with van der Waals surface area (Å²) in [6, 6.07) is 0. The summed E-state index contributed by atoms with van der Waals surface area (Å²) in [5, 5.41) is 0. The zero-order valence-corrected chi connectivity index (χ0v) is 7.50. The summed E-state index contributed by atoms with van der Waals surface area (Å²) in [6.45, 7) is 3.64. The fourth-order valence-electron chi connectivity index (χ4n) is 0. The molecule has 0 aromatic heterocycles. The van der Waals surface area contributed by atoms with Gasteiger partial charge in [-0.05, 0) is 27.9 Å². The van der Waals surface area contributed by atoms with Crippen molar-refractivity contribution >= 4 is 12.6 Å². The first-order valence-electron chi connectivity index (χ1n) is 2.78. The Hall–Kier alpha value is -0.130. The average Bonchev–Trinajstić information content (AvgIpc) is 1.89. The largest absolute Gasteiger partial charge is 0.300 e. The Kier molecular flexibility index (Phi) is 13.9. The van der Waals surface area contributed by atoms with Gasteiger partial charge in [0.15, 0.2) is 0 Å². The Morgan fingerprint density at radius 1 is 1.22 bits per heavy atom. The van der Waals surface area contributed by atoms with Crippen molar-refractivity contribution in [3.63, 3.8) is 0 Å². The molecule has 0 fully saturated rings. The Labute approximate surface area is 63.8 Å². The highest BCUT2D eigenvalue weighted by Gasteiger charge is 1.72. The van der Waals surface area contributed by atoms with Gasteiger partial charge in [0.2, 0.25) is 0 Å². The fourth-order valence-corrected chi connectivity index (χ4v) is 0. The fraction of sp³-hybridized carbons (Fsp3) is 0.714. The summed E-state index contributed by atoms with van der Waals surface area (Å²) < 4.78 is 0. The standard InChI is InChI=1S/C4H6.C3H9NS/c1-3-4-2;1-4(2)3-5/h1-2H3;5H,3H2,1-2H3. The van der Waals surface area contributed by atoms with Crippen LogP contribution in [0.2, 0.25) is 0 Å². The van der Waals surface area contributed by atoms with Crippen LogP contribution in [0.1, 0.15) is 13.8 Å². The van der Waals surface area contributed by atoms with Gasteiger partial charge in [-0.1, -0.05) is 0 Å². The van der Waals surface area contributed by atoms with E-state index in [1.165, 1.54) is 0 Å². The molecule has 2 heteroatoms. The van der Waals surface area contributed by atoms with Crippen LogP contribution in [0, 0.1) is 11.8 Å². The van der Waals surface area contributed by atoms with E-state index < -0.39 is 0 Å². The van der Waals surface area contributed by atoms with Gasteiger partial charge in [-0.15, -0.1) is 11.8 Å². The lowest BCUT2D eigenvalue weighted by Crippen LogP contribution is -2.06. The van der Waals surface area contributed by atoms with Crippen LogP contribution in [-0.2, 0) is 0 Å². The van der Waals surface area contributed by atoms with E-state index in [1.54, 1.807) is 0 Å². The molecule has 0 heterocycles. The maximum atomic E-state index is 3.94. The maximum absolute atomic E-state index is 3.94. The van der Waals surface area contributed by atoms with Gasteiger partial charge in [-0.2, -0.15) is 12.6 Å². The highest BCUT2D eigenvalue weighted by Crippen LogP contribution is 1.73. The molecule has 0 aromatic carbocycles. The smallest absolute Gasteiger partial charge is 0.0408 e. The Bertz CT molecular complexity index is 82.8. The van der Waals surface area contributed by atoms with Gasteiger partial charge in [0.05, 0.1) is 0 Å². The van der Waals surface area contributed by atoms with Crippen molar-refractivity contribution in [3.8, 4) is 11.8 Å². The summed E-state index contributed by atoms with van der Waals surface area (Å²) in [7, 11) is 3.96. The van der Waals surface area contributed by atoms with E-state index in [-0.39, 0.29) is 0 Å². The predicted molar refractivity (Wildman–Crippen MR) is 46.7 cm³/mol. The Morgan fingerprint density at radius 2 is 1.44 bits per heavy atom. The number of thiol groups is 1. The summed E-state index contributed by atoms with van der Waals surface area (Å²) in [6.07, 6.45) is 0. The minimum absolute atomic E-state index is 0.833. The van der Waals surface area contributed by atoms with E-state index in [1.807, 2.05) is 32.8 Å². The average molecular weight is 145 g/mol. The van der Waals surface area contributed by atoms with Gasteiger partial charge in [0.25, 0.3) is 0 Å². The third kappa shape index (κ3) is 32.9. The van der Waals surface area contributed by atoms with Crippen molar-refractivity contribution < 1.29 is 0 Å². The third-order valence-electron chi connectivity index (χ3n) is 0.533. The summed E-state index contributed by atoms with van der Waals surface area (Å²) in [5.74, 6) is 6.19. The first-order valence-corrected chi connectivity index (χ1v) is 3.41. The normalized spacial score (nSPS) is 6.89. The molecule has 1 nitrogen and oxygen atoms in total. The van der Waals surface area contributed by atoms with E-state index >= 15 is 0 Å². The van der Waals surface area contributed by atoms with Crippen LogP contribution in [0.4, 0.5) is 0 Å². The van der Waals surface area contributed by atoms with Gasteiger partial charge >= 0.3 is 0 Å². The zero-order valence-electron chi connectivity index (χ0n) is 6.60. The zero-order chi connectivity index (χ0) is 7.70. The number of rotatable bonds is 1. The van der Waals surface area contributed by atoms with Crippen LogP contribution in [0.25, 0.3) is 0 Å². The van der Waals surface area contributed by atoms with Gasteiger partial charge in [0, 0.05) is 5.88 Å². The van der Waals surface area contributed by atoms with E-state index in [0.29, 0.717) is 0 Å². The molecule has 0 bridgehead atoms. The lowest BCUT2D eigenvalue weighted by Gasteiger charge is -1.99. The molecule has 0 aliphatic heterocycles. The molecular weight excluding hydrogens is 130 g/mol. The van der Waals surface area contributed by atoms with E-state index in [0.717, 1.165) is 5.88 Å². The SMILES string of the molecule is CC#CC.CN(C)CS. The molecule has 0 saturated heterocycles. The van der Waals surface area contributed by atoms with Crippen molar-refractivity contribution in [2.45, 2.75) is 13.8 Å². The summed E-state index contributed by atoms with van der Waals surface area (Å²) >= 11 is 3.94. The minimum Gasteiger partial charge on any atom is -0.300 e. The summed E-state index contributed by atoms with van der Waals surface area (Å²) in [5.41, 5.74) is 0. The van der Waals surface area contributed by atoms with Crippen molar-refractivity contribution in [1.82, 2.24) is 4.90 Å².